The van der Waals surface area contributed by atoms with Gasteiger partial charge < -0.3 is 14.2 Å². The number of para-hydroxylation sites is 1. The third-order valence-corrected chi connectivity index (χ3v) is 4.44. The molecule has 0 fully saturated rings. The van der Waals surface area contributed by atoms with Crippen molar-refractivity contribution in [1.82, 2.24) is 24.7 Å². The van der Waals surface area contributed by atoms with Gasteiger partial charge in [-0.25, -0.2) is 9.97 Å². The van der Waals surface area contributed by atoms with Gasteiger partial charge in [-0.1, -0.05) is 23.7 Å². The van der Waals surface area contributed by atoms with E-state index >= 15 is 0 Å². The zero-order valence-electron chi connectivity index (χ0n) is 16.1. The molecule has 29 heavy (non-hydrogen) atoms. The summed E-state index contributed by atoms with van der Waals surface area (Å²) in [5, 5.41) is 8.29. The van der Waals surface area contributed by atoms with Crippen LogP contribution < -0.4 is 14.2 Å². The molecule has 4 aromatic rings. The van der Waals surface area contributed by atoms with Crippen molar-refractivity contribution in [2.75, 3.05) is 20.8 Å². The Hall–Kier alpha value is -3.39. The first-order valence-corrected chi connectivity index (χ1v) is 9.27. The number of imidazole rings is 1. The van der Waals surface area contributed by atoms with Gasteiger partial charge >= 0.3 is 0 Å². The zero-order chi connectivity index (χ0) is 20.4. The van der Waals surface area contributed by atoms with Gasteiger partial charge in [0.1, 0.15) is 22.9 Å². The lowest BCUT2D eigenvalue weighted by Gasteiger charge is -2.16. The fraction of sp³-hybridized carbons (Fsp3) is 0.200. The molecule has 0 spiro atoms. The van der Waals surface area contributed by atoms with Crippen LogP contribution in [0.1, 0.15) is 6.92 Å². The van der Waals surface area contributed by atoms with Crippen LogP contribution in [0.4, 0.5) is 0 Å². The van der Waals surface area contributed by atoms with Crippen molar-refractivity contribution in [3.63, 3.8) is 0 Å². The minimum absolute atomic E-state index is 0.245. The average molecular weight is 412 g/mol. The van der Waals surface area contributed by atoms with E-state index in [1.807, 2.05) is 41.8 Å². The minimum Gasteiger partial charge on any atom is -0.494 e. The summed E-state index contributed by atoms with van der Waals surface area (Å²) in [6.07, 6.45) is 0. The monoisotopic (exact) mass is 411 g/mol. The van der Waals surface area contributed by atoms with Crippen LogP contribution >= 0.6 is 11.6 Å². The smallest absolute Gasteiger partial charge is 0.213 e. The molecule has 1 aromatic carbocycles. The first-order chi connectivity index (χ1) is 14.2. The summed E-state index contributed by atoms with van der Waals surface area (Å²) in [5.41, 5.74) is 2.31. The molecule has 0 saturated carbocycles. The van der Waals surface area contributed by atoms with Gasteiger partial charge in [0.05, 0.1) is 26.3 Å². The summed E-state index contributed by atoms with van der Waals surface area (Å²) in [6, 6.07) is 12.7. The Labute approximate surface area is 172 Å². The number of fused-ring (bicyclic) bond motifs is 1. The lowest BCUT2D eigenvalue weighted by molar-refractivity contribution is 0.327. The topological polar surface area (TPSA) is 84.2 Å². The lowest BCUT2D eigenvalue weighted by atomic mass is 10.2. The summed E-state index contributed by atoms with van der Waals surface area (Å²) >= 11 is 6.13. The second-order valence-electron chi connectivity index (χ2n) is 5.95. The van der Waals surface area contributed by atoms with Gasteiger partial charge in [0.2, 0.25) is 11.5 Å². The highest BCUT2D eigenvalue weighted by Crippen LogP contribution is 2.38. The van der Waals surface area contributed by atoms with Crippen LogP contribution in [0.5, 0.6) is 17.4 Å². The van der Waals surface area contributed by atoms with Crippen LogP contribution in [-0.2, 0) is 0 Å². The van der Waals surface area contributed by atoms with Crippen LogP contribution in [0.2, 0.25) is 5.15 Å². The van der Waals surface area contributed by atoms with Crippen molar-refractivity contribution < 1.29 is 14.2 Å². The molecule has 3 heterocycles. The van der Waals surface area contributed by atoms with Crippen LogP contribution in [0, 0.1) is 0 Å². The van der Waals surface area contributed by atoms with E-state index in [-0.39, 0.29) is 5.15 Å². The van der Waals surface area contributed by atoms with Gasteiger partial charge in [0.15, 0.2) is 11.0 Å². The van der Waals surface area contributed by atoms with Crippen molar-refractivity contribution in [1.29, 1.82) is 0 Å². The largest absolute Gasteiger partial charge is 0.494 e. The van der Waals surface area contributed by atoms with Gasteiger partial charge in [-0.05, 0) is 25.1 Å². The second-order valence-corrected chi connectivity index (χ2v) is 6.34. The summed E-state index contributed by atoms with van der Waals surface area (Å²) in [5.74, 6) is 2.22. The summed E-state index contributed by atoms with van der Waals surface area (Å²) in [6.45, 7) is 2.41. The fourth-order valence-electron chi connectivity index (χ4n) is 3.08. The molecule has 0 aliphatic rings. The number of hydrogen-bond acceptors (Lipinski definition) is 7. The van der Waals surface area contributed by atoms with Crippen molar-refractivity contribution in [2.45, 2.75) is 6.92 Å². The van der Waals surface area contributed by atoms with E-state index in [1.54, 1.807) is 26.4 Å². The van der Waals surface area contributed by atoms with E-state index < -0.39 is 0 Å². The highest BCUT2D eigenvalue weighted by molar-refractivity contribution is 6.29. The molecule has 0 saturated heterocycles. The van der Waals surface area contributed by atoms with E-state index in [9.17, 15) is 0 Å². The Morgan fingerprint density at radius 3 is 2.38 bits per heavy atom. The molecule has 9 heteroatoms. The SMILES string of the molecule is CCOc1cccc(-c2nc3nnc(Cl)cc3n2-c2c(OC)cccc2OC)n1. The number of nitrogens with zero attached hydrogens (tertiary/aromatic N) is 5. The standard InChI is InChI=1S/C20H18ClN5O3/c1-4-29-17-10-5-7-12(22-17)20-23-19-13(11-16(21)24-25-19)26(20)18-14(27-2)8-6-9-15(18)28-3/h5-11H,4H2,1-3H3. The van der Waals surface area contributed by atoms with Crippen LogP contribution in [0.3, 0.4) is 0 Å². The van der Waals surface area contributed by atoms with Gasteiger partial charge in [-0.2, -0.15) is 0 Å². The highest BCUT2D eigenvalue weighted by Gasteiger charge is 2.23. The number of aromatic nitrogens is 5. The summed E-state index contributed by atoms with van der Waals surface area (Å²) in [4.78, 5) is 9.23. The van der Waals surface area contributed by atoms with Crippen molar-refractivity contribution in [3.05, 3.63) is 47.6 Å². The van der Waals surface area contributed by atoms with E-state index in [0.717, 1.165) is 0 Å². The van der Waals surface area contributed by atoms with Crippen LogP contribution in [0.25, 0.3) is 28.4 Å². The van der Waals surface area contributed by atoms with E-state index in [0.29, 0.717) is 52.4 Å². The van der Waals surface area contributed by atoms with Gasteiger partial charge in [0, 0.05) is 12.1 Å². The van der Waals surface area contributed by atoms with Crippen molar-refractivity contribution in [3.8, 4) is 34.6 Å². The summed E-state index contributed by atoms with van der Waals surface area (Å²) in [7, 11) is 3.19. The Kier molecular flexibility index (Phi) is 5.18. The molecule has 0 aliphatic heterocycles. The molecule has 4 rings (SSSR count). The molecular formula is C20H18ClN5O3. The number of hydrogen-bond donors (Lipinski definition) is 0. The first-order valence-electron chi connectivity index (χ1n) is 8.89. The maximum absolute atomic E-state index is 6.13. The molecule has 0 bridgehead atoms. The highest BCUT2D eigenvalue weighted by atomic mass is 35.5. The normalized spacial score (nSPS) is 10.9. The molecular weight excluding hydrogens is 394 g/mol. The maximum Gasteiger partial charge on any atom is 0.213 e. The van der Waals surface area contributed by atoms with Crippen LogP contribution in [-0.4, -0.2) is 45.6 Å². The molecule has 0 amide bonds. The first kappa shape index (κ1) is 18.9. The lowest BCUT2D eigenvalue weighted by Crippen LogP contribution is -2.05. The van der Waals surface area contributed by atoms with Gasteiger partial charge in [0.25, 0.3) is 0 Å². The molecule has 0 radical (unpaired) electrons. The van der Waals surface area contributed by atoms with E-state index in [1.165, 1.54) is 0 Å². The Balaban J connectivity index is 2.07. The molecule has 0 N–H and O–H groups in total. The van der Waals surface area contributed by atoms with Crippen LogP contribution in [0.15, 0.2) is 42.5 Å². The Morgan fingerprint density at radius 1 is 0.966 bits per heavy atom. The molecule has 0 atom stereocenters. The van der Waals surface area contributed by atoms with E-state index in [2.05, 4.69) is 20.2 Å². The third-order valence-electron chi connectivity index (χ3n) is 4.26. The quantitative estimate of drug-likeness (QED) is 0.475. The molecule has 0 aliphatic carbocycles. The zero-order valence-corrected chi connectivity index (χ0v) is 16.8. The van der Waals surface area contributed by atoms with E-state index in [4.69, 9.17) is 25.8 Å². The molecule has 0 unspecified atom stereocenters. The maximum atomic E-state index is 6.13. The number of halogens is 1. The number of methoxy groups -OCH3 is 2. The average Bonchev–Trinajstić information content (AvgIpc) is 3.11. The van der Waals surface area contributed by atoms with Crippen molar-refractivity contribution in [2.24, 2.45) is 0 Å². The van der Waals surface area contributed by atoms with Gasteiger partial charge in [-0.3, -0.25) is 4.57 Å². The second kappa shape index (κ2) is 7.92. The molecule has 8 nitrogen and oxygen atoms in total. The minimum atomic E-state index is 0.245. The number of benzene rings is 1. The number of rotatable bonds is 6. The predicted octanol–water partition coefficient (Wildman–Crippen LogP) is 3.95. The molecule has 3 aromatic heterocycles. The molecule has 148 valence electrons. The Bertz CT molecular complexity index is 1160. The number of pyridine rings is 1. The predicted molar refractivity (Wildman–Crippen MR) is 109 cm³/mol. The third kappa shape index (κ3) is 3.42. The van der Waals surface area contributed by atoms with Crippen molar-refractivity contribution >= 4 is 22.8 Å². The Morgan fingerprint density at radius 2 is 1.69 bits per heavy atom. The summed E-state index contributed by atoms with van der Waals surface area (Å²) < 4.78 is 18.6. The van der Waals surface area contributed by atoms with Gasteiger partial charge in [-0.15, -0.1) is 10.2 Å². The fourth-order valence-corrected chi connectivity index (χ4v) is 3.22. The number of ether oxygens (including phenoxy) is 3.